The number of nitro groups is 2. The summed E-state index contributed by atoms with van der Waals surface area (Å²) in [5.74, 6) is -1.52. The number of benzene rings is 3. The first-order valence-electron chi connectivity index (χ1n) is 9.32. The van der Waals surface area contributed by atoms with Gasteiger partial charge in [0.05, 0.1) is 33.7 Å². The third-order valence-electron chi connectivity index (χ3n) is 4.21. The van der Waals surface area contributed by atoms with Crippen LogP contribution in [0.1, 0.15) is 15.9 Å². The number of non-ortho nitro benzene ring substituents is 1. The van der Waals surface area contributed by atoms with Crippen molar-refractivity contribution in [2.75, 3.05) is 5.48 Å². The molecule has 0 bridgehead atoms. The van der Waals surface area contributed by atoms with Crippen molar-refractivity contribution in [1.29, 1.82) is 0 Å². The Bertz CT molecular complexity index is 1230. The van der Waals surface area contributed by atoms with Gasteiger partial charge in [0.25, 0.3) is 17.3 Å². The van der Waals surface area contributed by atoms with Crippen LogP contribution in [-0.4, -0.2) is 21.7 Å². The van der Waals surface area contributed by atoms with E-state index in [4.69, 9.17) is 4.84 Å². The molecule has 12 nitrogen and oxygen atoms in total. The first-order chi connectivity index (χ1) is 15.8. The summed E-state index contributed by atoms with van der Waals surface area (Å²) < 4.78 is 0. The molecule has 0 atom stereocenters. The monoisotopic (exact) mass is 449 g/mol. The standard InChI is InChI=1S/C21H15N5O7/c27-20(12-14-4-2-1-3-5-14)23-22-15-6-8-16(9-7-15)24-33-21(28)18-11-10-17(25(29)30)13-19(18)26(31)32/h1-11,13,24H,12H2. The zero-order chi connectivity index (χ0) is 23.8. The molecular formula is C21H15N5O7. The Labute approximate surface area is 185 Å². The van der Waals surface area contributed by atoms with Crippen molar-refractivity contribution < 1.29 is 24.3 Å². The van der Waals surface area contributed by atoms with Gasteiger partial charge in [-0.25, -0.2) is 10.3 Å². The van der Waals surface area contributed by atoms with Crippen molar-refractivity contribution in [2.24, 2.45) is 10.2 Å². The Hall–Kier alpha value is -5.00. The topological polar surface area (TPSA) is 166 Å². The van der Waals surface area contributed by atoms with Crippen LogP contribution in [0, 0.1) is 20.2 Å². The summed E-state index contributed by atoms with van der Waals surface area (Å²) >= 11 is 0. The number of amides is 1. The predicted molar refractivity (Wildman–Crippen MR) is 115 cm³/mol. The van der Waals surface area contributed by atoms with Crippen LogP contribution in [-0.2, 0) is 16.1 Å². The quantitative estimate of drug-likeness (QED) is 0.297. The summed E-state index contributed by atoms with van der Waals surface area (Å²) in [5, 5.41) is 29.4. The molecule has 3 aromatic carbocycles. The lowest BCUT2D eigenvalue weighted by atomic mass is 10.1. The summed E-state index contributed by atoms with van der Waals surface area (Å²) in [4.78, 5) is 49.1. The Morgan fingerprint density at radius 1 is 0.909 bits per heavy atom. The Morgan fingerprint density at radius 2 is 1.61 bits per heavy atom. The van der Waals surface area contributed by atoms with Crippen molar-refractivity contribution in [3.05, 3.63) is 104 Å². The first-order valence-corrected chi connectivity index (χ1v) is 9.32. The smallest absolute Gasteiger partial charge is 0.338 e. The normalized spacial score (nSPS) is 10.5. The highest BCUT2D eigenvalue weighted by atomic mass is 16.7. The van der Waals surface area contributed by atoms with E-state index in [0.29, 0.717) is 17.4 Å². The summed E-state index contributed by atoms with van der Waals surface area (Å²) in [6, 6.07) is 17.6. The molecule has 12 heteroatoms. The predicted octanol–water partition coefficient (Wildman–Crippen LogP) is 4.54. The van der Waals surface area contributed by atoms with E-state index in [9.17, 15) is 29.8 Å². The van der Waals surface area contributed by atoms with Gasteiger partial charge in [-0.1, -0.05) is 30.3 Å². The van der Waals surface area contributed by atoms with Gasteiger partial charge >= 0.3 is 5.97 Å². The van der Waals surface area contributed by atoms with E-state index < -0.39 is 38.7 Å². The van der Waals surface area contributed by atoms with Gasteiger partial charge < -0.3 is 4.84 Å². The van der Waals surface area contributed by atoms with Gasteiger partial charge in [-0.2, -0.15) is 0 Å². The van der Waals surface area contributed by atoms with E-state index in [-0.39, 0.29) is 6.42 Å². The van der Waals surface area contributed by atoms with Crippen LogP contribution >= 0.6 is 0 Å². The third-order valence-corrected chi connectivity index (χ3v) is 4.21. The van der Waals surface area contributed by atoms with Crippen LogP contribution in [0.2, 0.25) is 0 Å². The van der Waals surface area contributed by atoms with E-state index in [0.717, 1.165) is 17.7 Å². The molecule has 3 rings (SSSR count). The van der Waals surface area contributed by atoms with Crippen LogP contribution in [0.4, 0.5) is 22.7 Å². The first kappa shape index (κ1) is 22.7. The molecule has 0 unspecified atom stereocenters. The van der Waals surface area contributed by atoms with E-state index in [1.54, 1.807) is 12.1 Å². The molecule has 0 fully saturated rings. The van der Waals surface area contributed by atoms with E-state index in [1.165, 1.54) is 24.3 Å². The van der Waals surface area contributed by atoms with Crippen LogP contribution in [0.3, 0.4) is 0 Å². The van der Waals surface area contributed by atoms with Gasteiger partial charge in [0.15, 0.2) is 0 Å². The molecule has 0 aliphatic carbocycles. The number of hydrogen-bond acceptors (Lipinski definition) is 9. The minimum atomic E-state index is -1.10. The fraction of sp³-hybridized carbons (Fsp3) is 0.0476. The van der Waals surface area contributed by atoms with Gasteiger partial charge in [0.2, 0.25) is 0 Å². The highest BCUT2D eigenvalue weighted by Gasteiger charge is 2.25. The second-order valence-corrected chi connectivity index (χ2v) is 6.51. The zero-order valence-corrected chi connectivity index (χ0v) is 16.8. The van der Waals surface area contributed by atoms with Crippen LogP contribution < -0.4 is 5.48 Å². The van der Waals surface area contributed by atoms with Gasteiger partial charge in [-0.3, -0.25) is 25.0 Å². The number of nitro benzene ring substituents is 2. The maximum absolute atomic E-state index is 12.2. The highest BCUT2D eigenvalue weighted by Crippen LogP contribution is 2.25. The molecule has 1 N–H and O–H groups in total. The van der Waals surface area contributed by atoms with Crippen LogP contribution in [0.15, 0.2) is 83.0 Å². The second kappa shape index (κ2) is 10.3. The minimum Gasteiger partial charge on any atom is -0.338 e. The molecule has 33 heavy (non-hydrogen) atoms. The molecular weight excluding hydrogens is 434 g/mol. The van der Waals surface area contributed by atoms with E-state index >= 15 is 0 Å². The van der Waals surface area contributed by atoms with Gasteiger partial charge in [-0.15, -0.1) is 10.2 Å². The lowest BCUT2D eigenvalue weighted by Gasteiger charge is -2.07. The van der Waals surface area contributed by atoms with Crippen molar-refractivity contribution in [3.63, 3.8) is 0 Å². The number of hydrogen-bond donors (Lipinski definition) is 1. The average Bonchev–Trinajstić information content (AvgIpc) is 2.82. The second-order valence-electron chi connectivity index (χ2n) is 6.51. The molecule has 0 saturated carbocycles. The number of nitrogens with zero attached hydrogens (tertiary/aromatic N) is 4. The summed E-state index contributed by atoms with van der Waals surface area (Å²) in [7, 11) is 0. The maximum Gasteiger partial charge on any atom is 0.369 e. The van der Waals surface area contributed by atoms with E-state index in [1.807, 2.05) is 18.2 Å². The third kappa shape index (κ3) is 6.24. The number of azo groups is 1. The van der Waals surface area contributed by atoms with Crippen LogP contribution in [0.25, 0.3) is 0 Å². The van der Waals surface area contributed by atoms with Crippen molar-refractivity contribution in [1.82, 2.24) is 0 Å². The number of nitrogens with one attached hydrogen (secondary N) is 1. The Kier molecular flexibility index (Phi) is 7.11. The molecule has 0 aliphatic heterocycles. The SMILES string of the molecule is O=C(Cc1ccccc1)N=Nc1ccc(NOC(=O)c2ccc([N+](=O)[O-])cc2[N+](=O)[O-])cc1. The van der Waals surface area contributed by atoms with Crippen molar-refractivity contribution in [3.8, 4) is 0 Å². The molecule has 3 aromatic rings. The Morgan fingerprint density at radius 3 is 2.24 bits per heavy atom. The van der Waals surface area contributed by atoms with E-state index in [2.05, 4.69) is 15.7 Å². The largest absolute Gasteiger partial charge is 0.369 e. The number of rotatable bonds is 8. The fourth-order valence-electron chi connectivity index (χ4n) is 2.63. The highest BCUT2D eigenvalue weighted by molar-refractivity contribution is 5.94. The number of anilines is 1. The average molecular weight is 449 g/mol. The molecule has 0 heterocycles. The molecule has 0 aromatic heterocycles. The molecule has 0 spiro atoms. The summed E-state index contributed by atoms with van der Waals surface area (Å²) in [6.07, 6.45) is 0.120. The lowest BCUT2D eigenvalue weighted by Crippen LogP contribution is -2.12. The van der Waals surface area contributed by atoms with Gasteiger partial charge in [0, 0.05) is 6.07 Å². The van der Waals surface area contributed by atoms with Crippen molar-refractivity contribution in [2.45, 2.75) is 6.42 Å². The van der Waals surface area contributed by atoms with Gasteiger partial charge in [0.1, 0.15) is 5.56 Å². The number of carbonyl (C=O) groups is 2. The number of carbonyl (C=O) groups excluding carboxylic acids is 2. The lowest BCUT2D eigenvalue weighted by molar-refractivity contribution is -0.394. The fourth-order valence-corrected chi connectivity index (χ4v) is 2.63. The summed E-state index contributed by atoms with van der Waals surface area (Å²) in [6.45, 7) is 0. The molecule has 1 amide bonds. The van der Waals surface area contributed by atoms with Gasteiger partial charge in [-0.05, 0) is 35.9 Å². The zero-order valence-electron chi connectivity index (χ0n) is 16.8. The maximum atomic E-state index is 12.2. The molecule has 0 saturated heterocycles. The molecule has 0 radical (unpaired) electrons. The molecule has 166 valence electrons. The summed E-state index contributed by atoms with van der Waals surface area (Å²) in [5.41, 5.74) is 2.08. The van der Waals surface area contributed by atoms with Crippen LogP contribution in [0.5, 0.6) is 0 Å². The minimum absolute atomic E-state index is 0.120. The Balaban J connectivity index is 1.59. The molecule has 0 aliphatic rings. The van der Waals surface area contributed by atoms with Crippen molar-refractivity contribution >= 4 is 34.6 Å².